The summed E-state index contributed by atoms with van der Waals surface area (Å²) in [5, 5.41) is 6.56. The van der Waals surface area contributed by atoms with Crippen LogP contribution in [-0.4, -0.2) is 16.8 Å². The molecule has 2 amide bonds. The van der Waals surface area contributed by atoms with E-state index in [0.29, 0.717) is 39.1 Å². The number of nitrogens with one attached hydrogen (secondary N) is 2. The number of hydrogen-bond acceptors (Lipinski definition) is 5. The molecule has 166 valence electrons. The van der Waals surface area contributed by atoms with Gasteiger partial charge < -0.3 is 16.4 Å². The fourth-order valence-corrected chi connectivity index (χ4v) is 4.13. The largest absolute Gasteiger partial charge is 0.366 e. The van der Waals surface area contributed by atoms with Crippen molar-refractivity contribution in [1.82, 2.24) is 10.3 Å². The van der Waals surface area contributed by atoms with E-state index in [1.165, 1.54) is 23.5 Å². The molecule has 4 rings (SSSR count). The number of amides is 2. The molecular weight excluding hydrogens is 439 g/mol. The van der Waals surface area contributed by atoms with E-state index >= 15 is 0 Å². The smallest absolute Gasteiger partial charge is 0.264 e. The number of halogens is 1. The molecule has 6 nitrogen and oxygen atoms in total. The number of aromatic nitrogens is 1. The Labute approximate surface area is 194 Å². The first kappa shape index (κ1) is 22.2. The average molecular weight is 461 g/mol. The van der Waals surface area contributed by atoms with Gasteiger partial charge in [0, 0.05) is 23.4 Å². The lowest BCUT2D eigenvalue weighted by atomic mass is 10.1. The van der Waals surface area contributed by atoms with Gasteiger partial charge in [0.1, 0.15) is 10.7 Å². The third kappa shape index (κ3) is 5.24. The zero-order valence-corrected chi connectivity index (χ0v) is 18.6. The molecule has 0 saturated heterocycles. The maximum Gasteiger partial charge on any atom is 0.264 e. The number of primary amides is 1. The molecule has 4 aromatic rings. The summed E-state index contributed by atoms with van der Waals surface area (Å²) in [5.74, 6) is -1.20. The van der Waals surface area contributed by atoms with Crippen LogP contribution in [0.4, 0.5) is 15.2 Å². The topological polar surface area (TPSA) is 97.1 Å². The lowest BCUT2D eigenvalue weighted by Crippen LogP contribution is -2.22. The van der Waals surface area contributed by atoms with Crippen LogP contribution in [0.3, 0.4) is 0 Å². The maximum atomic E-state index is 13.5. The lowest BCUT2D eigenvalue weighted by Gasteiger charge is -2.08. The number of benzene rings is 3. The molecule has 0 aliphatic rings. The van der Waals surface area contributed by atoms with Crippen molar-refractivity contribution in [3.8, 4) is 11.3 Å². The Hall–Kier alpha value is -4.04. The van der Waals surface area contributed by atoms with Crippen LogP contribution in [0.1, 0.15) is 31.2 Å². The Balaban J connectivity index is 1.66. The molecule has 1 heterocycles. The second kappa shape index (κ2) is 9.62. The van der Waals surface area contributed by atoms with Crippen molar-refractivity contribution in [1.29, 1.82) is 0 Å². The summed E-state index contributed by atoms with van der Waals surface area (Å²) in [6.45, 7) is 2.25. The van der Waals surface area contributed by atoms with E-state index in [1.807, 2.05) is 37.3 Å². The Bertz CT molecular complexity index is 1300. The Kier molecular flexibility index (Phi) is 6.46. The second-order valence-corrected chi connectivity index (χ2v) is 8.39. The molecule has 3 aromatic carbocycles. The number of rotatable bonds is 7. The van der Waals surface area contributed by atoms with E-state index in [0.717, 1.165) is 11.1 Å². The number of thiazole rings is 1. The van der Waals surface area contributed by atoms with Gasteiger partial charge in [0.25, 0.3) is 5.91 Å². The van der Waals surface area contributed by atoms with Crippen molar-refractivity contribution in [3.63, 3.8) is 0 Å². The predicted molar refractivity (Wildman–Crippen MR) is 128 cm³/mol. The van der Waals surface area contributed by atoms with E-state index in [-0.39, 0.29) is 11.7 Å². The molecule has 0 unspecified atom stereocenters. The van der Waals surface area contributed by atoms with Crippen molar-refractivity contribution >= 4 is 34.0 Å². The number of nitrogens with zero attached hydrogens (tertiary/aromatic N) is 1. The number of carbonyl (C=O) groups excluding carboxylic acids is 2. The second-order valence-electron chi connectivity index (χ2n) is 7.39. The monoisotopic (exact) mass is 460 g/mol. The van der Waals surface area contributed by atoms with Crippen LogP contribution < -0.4 is 16.4 Å². The fraction of sp³-hybridized carbons (Fsp3) is 0.0800. The molecule has 0 aliphatic carbocycles. The number of aryl methyl sites for hydroxylation is 1. The Morgan fingerprint density at radius 3 is 2.45 bits per heavy atom. The van der Waals surface area contributed by atoms with Gasteiger partial charge in [0.05, 0.1) is 5.69 Å². The quantitative estimate of drug-likeness (QED) is 0.360. The van der Waals surface area contributed by atoms with E-state index in [1.54, 1.807) is 30.3 Å². The van der Waals surface area contributed by atoms with E-state index in [4.69, 9.17) is 5.73 Å². The molecule has 0 saturated carbocycles. The van der Waals surface area contributed by atoms with Crippen molar-refractivity contribution in [2.24, 2.45) is 5.73 Å². The van der Waals surface area contributed by atoms with E-state index < -0.39 is 5.91 Å². The summed E-state index contributed by atoms with van der Waals surface area (Å²) in [7, 11) is 0. The highest BCUT2D eigenvalue weighted by atomic mass is 32.1. The third-order valence-corrected chi connectivity index (χ3v) is 5.98. The first-order valence-electron chi connectivity index (χ1n) is 10.2. The van der Waals surface area contributed by atoms with E-state index in [2.05, 4.69) is 15.6 Å². The van der Waals surface area contributed by atoms with Crippen LogP contribution in [0, 0.1) is 12.7 Å². The highest BCUT2D eigenvalue weighted by molar-refractivity contribution is 7.18. The van der Waals surface area contributed by atoms with Crippen molar-refractivity contribution in [2.75, 3.05) is 5.32 Å². The Morgan fingerprint density at radius 1 is 1.03 bits per heavy atom. The van der Waals surface area contributed by atoms with Crippen LogP contribution in [0.25, 0.3) is 11.3 Å². The lowest BCUT2D eigenvalue weighted by molar-refractivity contribution is 0.0954. The van der Waals surface area contributed by atoms with Crippen LogP contribution in [0.15, 0.2) is 72.8 Å². The first-order valence-corrected chi connectivity index (χ1v) is 11.0. The first-order chi connectivity index (χ1) is 15.9. The molecule has 0 atom stereocenters. The van der Waals surface area contributed by atoms with Gasteiger partial charge in [-0.2, -0.15) is 0 Å². The maximum absolute atomic E-state index is 13.5. The Morgan fingerprint density at radius 2 is 1.76 bits per heavy atom. The van der Waals surface area contributed by atoms with Gasteiger partial charge in [-0.1, -0.05) is 47.7 Å². The van der Waals surface area contributed by atoms with Gasteiger partial charge in [0.2, 0.25) is 5.91 Å². The standard InChI is InChI=1S/C25H21FN4O2S/c1-15-7-8-18(23(27)31)13-20(15)29-25-30-21(17-9-11-19(26)12-10-17)22(33-25)24(32)28-14-16-5-3-2-4-6-16/h2-13H,14H2,1H3,(H2,27,31)(H,28,32)(H,29,30). The molecule has 8 heteroatoms. The summed E-state index contributed by atoms with van der Waals surface area (Å²) in [4.78, 5) is 29.6. The highest BCUT2D eigenvalue weighted by Crippen LogP contribution is 2.34. The average Bonchev–Trinajstić information content (AvgIpc) is 3.24. The SMILES string of the molecule is Cc1ccc(C(N)=O)cc1Nc1nc(-c2ccc(F)cc2)c(C(=O)NCc2ccccc2)s1. The summed E-state index contributed by atoms with van der Waals surface area (Å²) >= 11 is 1.18. The van der Waals surface area contributed by atoms with Gasteiger partial charge in [-0.05, 0) is 54.4 Å². The minimum atomic E-state index is -0.537. The van der Waals surface area contributed by atoms with Crippen LogP contribution in [-0.2, 0) is 6.54 Å². The summed E-state index contributed by atoms with van der Waals surface area (Å²) in [6, 6.07) is 20.5. The number of nitrogens with two attached hydrogens (primary N) is 1. The van der Waals surface area contributed by atoms with Crippen LogP contribution >= 0.6 is 11.3 Å². The molecule has 0 fully saturated rings. The molecule has 0 bridgehead atoms. The van der Waals surface area contributed by atoms with Gasteiger partial charge in [-0.3, -0.25) is 9.59 Å². The number of carbonyl (C=O) groups is 2. The van der Waals surface area contributed by atoms with E-state index in [9.17, 15) is 14.0 Å². The van der Waals surface area contributed by atoms with Crippen molar-refractivity contribution in [3.05, 3.63) is 100 Å². The minimum Gasteiger partial charge on any atom is -0.366 e. The highest BCUT2D eigenvalue weighted by Gasteiger charge is 2.20. The molecule has 33 heavy (non-hydrogen) atoms. The zero-order valence-electron chi connectivity index (χ0n) is 17.8. The van der Waals surface area contributed by atoms with Crippen molar-refractivity contribution in [2.45, 2.75) is 13.5 Å². The summed E-state index contributed by atoms with van der Waals surface area (Å²) in [5.41, 5.74) is 9.33. The molecule has 4 N–H and O–H groups in total. The minimum absolute atomic E-state index is 0.286. The number of anilines is 2. The van der Waals surface area contributed by atoms with Gasteiger partial charge in [-0.15, -0.1) is 0 Å². The molecule has 0 aliphatic heterocycles. The normalized spacial score (nSPS) is 10.6. The fourth-order valence-electron chi connectivity index (χ4n) is 3.21. The van der Waals surface area contributed by atoms with Crippen LogP contribution in [0.2, 0.25) is 0 Å². The molecule has 0 spiro atoms. The molecular formula is C25H21FN4O2S. The zero-order chi connectivity index (χ0) is 23.4. The molecule has 0 radical (unpaired) electrons. The molecule has 1 aromatic heterocycles. The van der Waals surface area contributed by atoms with Gasteiger partial charge >= 0.3 is 0 Å². The van der Waals surface area contributed by atoms with Gasteiger partial charge in [0.15, 0.2) is 5.13 Å². The van der Waals surface area contributed by atoms with Gasteiger partial charge in [-0.25, -0.2) is 9.37 Å². The third-order valence-electron chi connectivity index (χ3n) is 5.01. The predicted octanol–water partition coefficient (Wildman–Crippen LogP) is 5.03. The summed E-state index contributed by atoms with van der Waals surface area (Å²) in [6.07, 6.45) is 0. The number of hydrogen-bond donors (Lipinski definition) is 3. The summed E-state index contributed by atoms with van der Waals surface area (Å²) < 4.78 is 13.5. The van der Waals surface area contributed by atoms with Crippen molar-refractivity contribution < 1.29 is 14.0 Å². The van der Waals surface area contributed by atoms with Crippen LogP contribution in [0.5, 0.6) is 0 Å².